The van der Waals surface area contributed by atoms with Gasteiger partial charge in [-0.1, -0.05) is 42.0 Å². The van der Waals surface area contributed by atoms with Crippen molar-refractivity contribution in [2.24, 2.45) is 0 Å². The summed E-state index contributed by atoms with van der Waals surface area (Å²) in [6, 6.07) is 10.2. The molecule has 0 heterocycles. The molecule has 2 N–H and O–H groups in total. The lowest BCUT2D eigenvalue weighted by molar-refractivity contribution is -0.120. The van der Waals surface area contributed by atoms with Crippen molar-refractivity contribution in [2.75, 3.05) is 19.6 Å². The number of carbonyl (C=O) groups is 1. The van der Waals surface area contributed by atoms with Crippen LogP contribution in [-0.4, -0.2) is 25.5 Å². The second kappa shape index (κ2) is 9.35. The number of amides is 1. The summed E-state index contributed by atoms with van der Waals surface area (Å²) in [5, 5.41) is 6.18. The molecule has 0 aliphatic heterocycles. The van der Waals surface area contributed by atoms with Crippen LogP contribution in [0.5, 0.6) is 0 Å². The third-order valence-corrected chi connectivity index (χ3v) is 3.87. The first kappa shape index (κ1) is 15.8. The van der Waals surface area contributed by atoms with Crippen LogP contribution >= 0.6 is 0 Å². The van der Waals surface area contributed by atoms with Crippen LogP contribution in [0.1, 0.15) is 37.7 Å². The van der Waals surface area contributed by atoms with Crippen molar-refractivity contribution in [3.8, 4) is 0 Å². The Labute approximate surface area is 127 Å². The standard InChI is InChI=1S/C18H26N2O/c21-18(20-14-12-17-9-5-2-6-10-17)15-19-13-11-16-7-3-1-4-8-16/h2,5-7,9-10,19H,1,3-4,8,11-15H2,(H,20,21). The van der Waals surface area contributed by atoms with Crippen LogP contribution < -0.4 is 10.6 Å². The molecule has 1 aliphatic carbocycles. The monoisotopic (exact) mass is 286 g/mol. The van der Waals surface area contributed by atoms with Crippen LogP contribution in [0.2, 0.25) is 0 Å². The van der Waals surface area contributed by atoms with Crippen LogP contribution in [0.4, 0.5) is 0 Å². The summed E-state index contributed by atoms with van der Waals surface area (Å²) in [7, 11) is 0. The van der Waals surface area contributed by atoms with E-state index in [0.29, 0.717) is 13.1 Å². The number of hydrogen-bond acceptors (Lipinski definition) is 2. The van der Waals surface area contributed by atoms with Gasteiger partial charge in [0.25, 0.3) is 0 Å². The quantitative estimate of drug-likeness (QED) is 0.570. The molecule has 0 aromatic heterocycles. The molecule has 2 rings (SSSR count). The molecule has 1 amide bonds. The highest BCUT2D eigenvalue weighted by Crippen LogP contribution is 2.19. The topological polar surface area (TPSA) is 41.1 Å². The Bertz CT molecular complexity index is 454. The zero-order chi connectivity index (χ0) is 14.8. The van der Waals surface area contributed by atoms with Crippen molar-refractivity contribution in [2.45, 2.75) is 38.5 Å². The first-order valence-corrected chi connectivity index (χ1v) is 8.04. The Balaban J connectivity index is 1.50. The van der Waals surface area contributed by atoms with E-state index in [-0.39, 0.29) is 5.91 Å². The molecule has 0 saturated carbocycles. The summed E-state index contributed by atoms with van der Waals surface area (Å²) >= 11 is 0. The maximum absolute atomic E-state index is 11.7. The van der Waals surface area contributed by atoms with Crippen molar-refractivity contribution in [3.05, 3.63) is 47.5 Å². The predicted octanol–water partition coefficient (Wildman–Crippen LogP) is 2.83. The molecule has 1 aliphatic rings. The molecule has 0 fully saturated rings. The summed E-state index contributed by atoms with van der Waals surface area (Å²) in [6.07, 6.45) is 9.47. The normalized spacial score (nSPS) is 14.6. The van der Waals surface area contributed by atoms with Gasteiger partial charge in [-0.2, -0.15) is 0 Å². The molecule has 0 spiro atoms. The summed E-state index contributed by atoms with van der Waals surface area (Å²) in [6.45, 7) is 2.02. The fourth-order valence-electron chi connectivity index (χ4n) is 2.64. The van der Waals surface area contributed by atoms with Crippen molar-refractivity contribution in [3.63, 3.8) is 0 Å². The molecule has 3 nitrogen and oxygen atoms in total. The zero-order valence-corrected chi connectivity index (χ0v) is 12.7. The summed E-state index contributed by atoms with van der Waals surface area (Å²) < 4.78 is 0. The Morgan fingerprint density at radius 2 is 1.90 bits per heavy atom. The minimum absolute atomic E-state index is 0.0866. The lowest BCUT2D eigenvalue weighted by Gasteiger charge is -2.13. The maximum Gasteiger partial charge on any atom is 0.233 e. The lowest BCUT2D eigenvalue weighted by atomic mass is 9.97. The van der Waals surface area contributed by atoms with Gasteiger partial charge in [-0.3, -0.25) is 4.79 Å². The predicted molar refractivity (Wildman–Crippen MR) is 87.2 cm³/mol. The maximum atomic E-state index is 11.7. The van der Waals surface area contributed by atoms with E-state index in [1.54, 1.807) is 5.57 Å². The summed E-state index contributed by atoms with van der Waals surface area (Å²) in [5.41, 5.74) is 2.81. The smallest absolute Gasteiger partial charge is 0.233 e. The molecule has 114 valence electrons. The molecule has 0 unspecified atom stereocenters. The number of allylic oxidation sites excluding steroid dienone is 1. The fraction of sp³-hybridized carbons (Fsp3) is 0.500. The average Bonchev–Trinajstić information content (AvgIpc) is 2.54. The molecule has 1 aromatic carbocycles. The minimum atomic E-state index is 0.0866. The van der Waals surface area contributed by atoms with E-state index in [0.717, 1.165) is 19.4 Å². The molecule has 0 radical (unpaired) electrons. The van der Waals surface area contributed by atoms with Gasteiger partial charge in [0.1, 0.15) is 0 Å². The number of rotatable bonds is 8. The third-order valence-electron chi connectivity index (χ3n) is 3.87. The third kappa shape index (κ3) is 6.58. The zero-order valence-electron chi connectivity index (χ0n) is 12.7. The van der Waals surface area contributed by atoms with Gasteiger partial charge in [-0.25, -0.2) is 0 Å². The molecule has 0 atom stereocenters. The van der Waals surface area contributed by atoms with E-state index in [9.17, 15) is 4.79 Å². The van der Waals surface area contributed by atoms with Gasteiger partial charge >= 0.3 is 0 Å². The molecular weight excluding hydrogens is 260 g/mol. The van der Waals surface area contributed by atoms with Crippen molar-refractivity contribution < 1.29 is 4.79 Å². The van der Waals surface area contributed by atoms with Gasteiger partial charge in [-0.15, -0.1) is 0 Å². The van der Waals surface area contributed by atoms with Crippen molar-refractivity contribution in [1.82, 2.24) is 10.6 Å². The highest BCUT2D eigenvalue weighted by molar-refractivity contribution is 5.77. The van der Waals surface area contributed by atoms with Crippen LogP contribution in [0, 0.1) is 0 Å². The molecule has 3 heteroatoms. The van der Waals surface area contributed by atoms with Gasteiger partial charge < -0.3 is 10.6 Å². The molecule has 0 saturated heterocycles. The van der Waals surface area contributed by atoms with Crippen molar-refractivity contribution >= 4 is 5.91 Å². The molecule has 21 heavy (non-hydrogen) atoms. The Morgan fingerprint density at radius 3 is 2.67 bits per heavy atom. The van der Waals surface area contributed by atoms with Crippen molar-refractivity contribution in [1.29, 1.82) is 0 Å². The van der Waals surface area contributed by atoms with E-state index < -0.39 is 0 Å². The second-order valence-electron chi connectivity index (χ2n) is 5.62. The van der Waals surface area contributed by atoms with Gasteiger partial charge in [0.15, 0.2) is 0 Å². The molecule has 1 aromatic rings. The van der Waals surface area contributed by atoms with Crippen LogP contribution in [-0.2, 0) is 11.2 Å². The van der Waals surface area contributed by atoms with E-state index in [1.807, 2.05) is 18.2 Å². The summed E-state index contributed by atoms with van der Waals surface area (Å²) in [5.74, 6) is 0.0866. The number of nitrogens with one attached hydrogen (secondary N) is 2. The summed E-state index contributed by atoms with van der Waals surface area (Å²) in [4.78, 5) is 11.7. The first-order chi connectivity index (χ1) is 10.3. The fourth-order valence-corrected chi connectivity index (χ4v) is 2.64. The van der Waals surface area contributed by atoms with Gasteiger partial charge in [-0.05, 0) is 50.6 Å². The molecule has 0 bridgehead atoms. The number of benzene rings is 1. The van der Waals surface area contributed by atoms with E-state index in [4.69, 9.17) is 0 Å². The minimum Gasteiger partial charge on any atom is -0.355 e. The number of carbonyl (C=O) groups excluding carboxylic acids is 1. The number of hydrogen-bond donors (Lipinski definition) is 2. The Kier molecular flexibility index (Phi) is 7.02. The Morgan fingerprint density at radius 1 is 1.05 bits per heavy atom. The second-order valence-corrected chi connectivity index (χ2v) is 5.62. The highest BCUT2D eigenvalue weighted by Gasteiger charge is 2.04. The first-order valence-electron chi connectivity index (χ1n) is 8.04. The van der Waals surface area contributed by atoms with Crippen LogP contribution in [0.3, 0.4) is 0 Å². The van der Waals surface area contributed by atoms with Crippen LogP contribution in [0.15, 0.2) is 42.0 Å². The SMILES string of the molecule is O=C(CNCCC1=CCCCC1)NCCc1ccccc1. The largest absolute Gasteiger partial charge is 0.355 e. The molecular formula is C18H26N2O. The van der Waals surface area contributed by atoms with E-state index in [1.165, 1.54) is 31.2 Å². The van der Waals surface area contributed by atoms with Gasteiger partial charge in [0, 0.05) is 6.54 Å². The average molecular weight is 286 g/mol. The Hall–Kier alpha value is -1.61. The highest BCUT2D eigenvalue weighted by atomic mass is 16.1. The lowest BCUT2D eigenvalue weighted by Crippen LogP contribution is -2.35. The van der Waals surface area contributed by atoms with E-state index in [2.05, 4.69) is 28.8 Å². The van der Waals surface area contributed by atoms with Gasteiger partial charge in [0.2, 0.25) is 5.91 Å². The van der Waals surface area contributed by atoms with Gasteiger partial charge in [0.05, 0.1) is 6.54 Å². The van der Waals surface area contributed by atoms with Crippen LogP contribution in [0.25, 0.3) is 0 Å². The van der Waals surface area contributed by atoms with E-state index >= 15 is 0 Å².